The van der Waals surface area contributed by atoms with E-state index in [0.717, 1.165) is 12.0 Å². The summed E-state index contributed by atoms with van der Waals surface area (Å²) in [6.07, 6.45) is 4.55. The molecule has 1 unspecified atom stereocenters. The van der Waals surface area contributed by atoms with E-state index in [2.05, 4.69) is 4.98 Å². The van der Waals surface area contributed by atoms with Crippen LogP contribution in [-0.2, 0) is 11.3 Å². The van der Waals surface area contributed by atoms with Gasteiger partial charge in [0.15, 0.2) is 0 Å². The van der Waals surface area contributed by atoms with Gasteiger partial charge < -0.3 is 15.6 Å². The Labute approximate surface area is 90.5 Å². The molecule has 1 atom stereocenters. The Morgan fingerprint density at radius 1 is 1.67 bits per heavy atom. The zero-order valence-electron chi connectivity index (χ0n) is 9.36. The molecule has 0 fully saturated rings. The summed E-state index contributed by atoms with van der Waals surface area (Å²) in [5.74, 6) is 0.0788. The normalized spacial score (nSPS) is 12.5. The van der Waals surface area contributed by atoms with E-state index in [9.17, 15) is 4.79 Å². The standard InChI is InChI=1S/C11H19N3O/c1-3-10(6-12)11(15)14(2)8-9-4-5-13-7-9/h4-5,7,10,13H,3,6,8,12H2,1-2H3. The second-order valence-corrected chi connectivity index (χ2v) is 3.75. The van der Waals surface area contributed by atoms with Crippen LogP contribution in [0.1, 0.15) is 18.9 Å². The SMILES string of the molecule is CCC(CN)C(=O)N(C)Cc1cc[nH]c1. The highest BCUT2D eigenvalue weighted by molar-refractivity contribution is 5.78. The molecule has 0 aliphatic heterocycles. The zero-order chi connectivity index (χ0) is 11.3. The lowest BCUT2D eigenvalue weighted by molar-refractivity contribution is -0.134. The first-order valence-electron chi connectivity index (χ1n) is 5.25. The minimum atomic E-state index is -0.0473. The highest BCUT2D eigenvalue weighted by Gasteiger charge is 2.18. The Kier molecular flexibility index (Phi) is 4.37. The average molecular weight is 209 g/mol. The van der Waals surface area contributed by atoms with Gasteiger partial charge in [-0.15, -0.1) is 0 Å². The molecule has 4 nitrogen and oxygen atoms in total. The van der Waals surface area contributed by atoms with Crippen molar-refractivity contribution in [2.45, 2.75) is 19.9 Å². The first kappa shape index (κ1) is 11.8. The lowest BCUT2D eigenvalue weighted by Crippen LogP contribution is -2.35. The average Bonchev–Trinajstić information content (AvgIpc) is 2.72. The second kappa shape index (κ2) is 5.56. The molecule has 0 aliphatic rings. The van der Waals surface area contributed by atoms with Crippen LogP contribution in [0.2, 0.25) is 0 Å². The number of nitrogens with one attached hydrogen (secondary N) is 1. The van der Waals surface area contributed by atoms with Gasteiger partial charge in [-0.2, -0.15) is 0 Å². The summed E-state index contributed by atoms with van der Waals surface area (Å²) >= 11 is 0. The number of aromatic nitrogens is 1. The van der Waals surface area contributed by atoms with Crippen molar-refractivity contribution in [3.63, 3.8) is 0 Å². The smallest absolute Gasteiger partial charge is 0.226 e. The van der Waals surface area contributed by atoms with Crippen LogP contribution >= 0.6 is 0 Å². The third-order valence-electron chi connectivity index (χ3n) is 2.58. The molecule has 0 aliphatic carbocycles. The van der Waals surface area contributed by atoms with Crippen LogP contribution in [0.4, 0.5) is 0 Å². The van der Waals surface area contributed by atoms with Crippen LogP contribution in [0.25, 0.3) is 0 Å². The van der Waals surface area contributed by atoms with Gasteiger partial charge in [-0.25, -0.2) is 0 Å². The minimum Gasteiger partial charge on any atom is -0.367 e. The highest BCUT2D eigenvalue weighted by atomic mass is 16.2. The van der Waals surface area contributed by atoms with E-state index in [4.69, 9.17) is 5.73 Å². The number of carbonyl (C=O) groups excluding carboxylic acids is 1. The molecule has 1 aromatic heterocycles. The van der Waals surface area contributed by atoms with E-state index >= 15 is 0 Å². The molecule has 1 amide bonds. The summed E-state index contributed by atoms with van der Waals surface area (Å²) < 4.78 is 0. The molecule has 0 spiro atoms. The Balaban J connectivity index is 2.53. The number of hydrogen-bond acceptors (Lipinski definition) is 2. The van der Waals surface area contributed by atoms with Gasteiger partial charge in [-0.1, -0.05) is 6.92 Å². The van der Waals surface area contributed by atoms with Gasteiger partial charge in [-0.3, -0.25) is 4.79 Å². The molecule has 0 bridgehead atoms. The van der Waals surface area contributed by atoms with Gasteiger partial charge in [0.25, 0.3) is 0 Å². The van der Waals surface area contributed by atoms with E-state index in [-0.39, 0.29) is 11.8 Å². The maximum atomic E-state index is 11.9. The number of H-pyrrole nitrogens is 1. The van der Waals surface area contributed by atoms with E-state index in [0.29, 0.717) is 13.1 Å². The zero-order valence-corrected chi connectivity index (χ0v) is 9.36. The summed E-state index contributed by atoms with van der Waals surface area (Å²) in [6.45, 7) is 3.05. The number of carbonyl (C=O) groups is 1. The van der Waals surface area contributed by atoms with Crippen molar-refractivity contribution in [2.24, 2.45) is 11.7 Å². The fourth-order valence-electron chi connectivity index (χ4n) is 1.56. The van der Waals surface area contributed by atoms with Gasteiger partial charge >= 0.3 is 0 Å². The summed E-state index contributed by atoms with van der Waals surface area (Å²) in [4.78, 5) is 16.6. The number of nitrogens with zero attached hydrogens (tertiary/aromatic N) is 1. The number of nitrogens with two attached hydrogens (primary N) is 1. The molecule has 3 N–H and O–H groups in total. The van der Waals surface area contributed by atoms with E-state index in [1.807, 2.05) is 32.4 Å². The van der Waals surface area contributed by atoms with Gasteiger partial charge in [0, 0.05) is 32.5 Å². The Bertz CT molecular complexity index is 291. The molecular weight excluding hydrogens is 190 g/mol. The molecule has 4 heteroatoms. The molecule has 1 aromatic rings. The monoisotopic (exact) mass is 209 g/mol. The first-order valence-corrected chi connectivity index (χ1v) is 5.25. The van der Waals surface area contributed by atoms with Crippen LogP contribution < -0.4 is 5.73 Å². The molecule has 0 aromatic carbocycles. The predicted octanol–water partition coefficient (Wildman–Crippen LogP) is 0.958. The molecule has 15 heavy (non-hydrogen) atoms. The van der Waals surface area contributed by atoms with Crippen molar-refractivity contribution in [1.82, 2.24) is 9.88 Å². The minimum absolute atomic E-state index is 0.0473. The van der Waals surface area contributed by atoms with Crippen LogP contribution in [0, 0.1) is 5.92 Å². The third kappa shape index (κ3) is 3.09. The molecule has 0 saturated carbocycles. The van der Waals surface area contributed by atoms with Crippen LogP contribution in [0.3, 0.4) is 0 Å². The van der Waals surface area contributed by atoms with Crippen molar-refractivity contribution in [1.29, 1.82) is 0 Å². The molecule has 1 rings (SSSR count). The number of hydrogen-bond donors (Lipinski definition) is 2. The first-order chi connectivity index (χ1) is 7.19. The van der Waals surface area contributed by atoms with Gasteiger partial charge in [0.2, 0.25) is 5.91 Å². The van der Waals surface area contributed by atoms with Crippen molar-refractivity contribution in [2.75, 3.05) is 13.6 Å². The lowest BCUT2D eigenvalue weighted by atomic mass is 10.1. The van der Waals surface area contributed by atoms with E-state index in [1.54, 1.807) is 4.90 Å². The fraction of sp³-hybridized carbons (Fsp3) is 0.545. The van der Waals surface area contributed by atoms with Crippen molar-refractivity contribution >= 4 is 5.91 Å². The Morgan fingerprint density at radius 3 is 2.87 bits per heavy atom. The van der Waals surface area contributed by atoms with Crippen LogP contribution in [0.15, 0.2) is 18.5 Å². The molecule has 1 heterocycles. The Morgan fingerprint density at radius 2 is 2.40 bits per heavy atom. The maximum Gasteiger partial charge on any atom is 0.226 e. The third-order valence-corrected chi connectivity index (χ3v) is 2.58. The summed E-state index contributed by atoms with van der Waals surface area (Å²) in [7, 11) is 1.81. The topological polar surface area (TPSA) is 62.1 Å². The number of aromatic amines is 1. The molecular formula is C11H19N3O. The summed E-state index contributed by atoms with van der Waals surface area (Å²) in [6, 6.07) is 1.97. The summed E-state index contributed by atoms with van der Waals surface area (Å²) in [5, 5.41) is 0. The van der Waals surface area contributed by atoms with Crippen molar-refractivity contribution < 1.29 is 4.79 Å². The van der Waals surface area contributed by atoms with E-state index in [1.165, 1.54) is 0 Å². The van der Waals surface area contributed by atoms with Crippen LogP contribution in [0.5, 0.6) is 0 Å². The van der Waals surface area contributed by atoms with Gasteiger partial charge in [0.1, 0.15) is 0 Å². The van der Waals surface area contributed by atoms with Crippen molar-refractivity contribution in [3.8, 4) is 0 Å². The van der Waals surface area contributed by atoms with Crippen LogP contribution in [-0.4, -0.2) is 29.4 Å². The predicted molar refractivity (Wildman–Crippen MR) is 60.1 cm³/mol. The molecule has 0 saturated heterocycles. The summed E-state index contributed by atoms with van der Waals surface area (Å²) in [5.41, 5.74) is 6.65. The van der Waals surface area contributed by atoms with Gasteiger partial charge in [0.05, 0.1) is 5.92 Å². The molecule has 84 valence electrons. The number of rotatable bonds is 5. The largest absolute Gasteiger partial charge is 0.367 e. The quantitative estimate of drug-likeness (QED) is 0.758. The van der Waals surface area contributed by atoms with E-state index < -0.39 is 0 Å². The fourth-order valence-corrected chi connectivity index (χ4v) is 1.56. The lowest BCUT2D eigenvalue weighted by Gasteiger charge is -2.21. The Hall–Kier alpha value is -1.29. The highest BCUT2D eigenvalue weighted by Crippen LogP contribution is 2.08. The van der Waals surface area contributed by atoms with Crippen molar-refractivity contribution in [3.05, 3.63) is 24.0 Å². The molecule has 0 radical (unpaired) electrons. The van der Waals surface area contributed by atoms with Gasteiger partial charge in [-0.05, 0) is 18.1 Å². The second-order valence-electron chi connectivity index (χ2n) is 3.75. The maximum absolute atomic E-state index is 11.9. The number of amides is 1.